The van der Waals surface area contributed by atoms with Crippen LogP contribution in [0.25, 0.3) is 0 Å². The van der Waals surface area contributed by atoms with Gasteiger partial charge < -0.3 is 5.32 Å². The first-order chi connectivity index (χ1) is 9.78. The van der Waals surface area contributed by atoms with Gasteiger partial charge in [-0.2, -0.15) is 0 Å². The topological polar surface area (TPSA) is 12.0 Å². The first-order valence-corrected chi connectivity index (χ1v) is 8.56. The molecule has 1 N–H and O–H groups in total. The van der Waals surface area contributed by atoms with Crippen molar-refractivity contribution in [2.45, 2.75) is 38.1 Å². The van der Waals surface area contributed by atoms with E-state index in [0.717, 1.165) is 16.8 Å². The Morgan fingerprint density at radius 1 is 1.30 bits per heavy atom. The van der Waals surface area contributed by atoms with Crippen molar-refractivity contribution in [3.63, 3.8) is 0 Å². The minimum absolute atomic E-state index is 0.262. The van der Waals surface area contributed by atoms with Crippen LogP contribution in [-0.2, 0) is 0 Å². The van der Waals surface area contributed by atoms with Gasteiger partial charge >= 0.3 is 0 Å². The van der Waals surface area contributed by atoms with E-state index in [1.807, 2.05) is 6.07 Å². The molecular formula is C17H20ClNS. The van der Waals surface area contributed by atoms with Crippen LogP contribution in [0.5, 0.6) is 0 Å². The Balaban J connectivity index is 1.90. The second kappa shape index (κ2) is 6.30. The molecule has 1 fully saturated rings. The van der Waals surface area contributed by atoms with Crippen molar-refractivity contribution in [1.29, 1.82) is 0 Å². The summed E-state index contributed by atoms with van der Waals surface area (Å²) in [6, 6.07) is 13.5. The number of halogens is 1. The van der Waals surface area contributed by atoms with Crippen LogP contribution in [0.15, 0.2) is 36.4 Å². The maximum Gasteiger partial charge on any atom is 0.0931 e. The maximum atomic E-state index is 6.10. The quantitative estimate of drug-likeness (QED) is 0.783. The minimum atomic E-state index is 0.262. The number of nitrogens with one attached hydrogen (secondary N) is 1. The lowest BCUT2D eigenvalue weighted by molar-refractivity contribution is 0.419. The van der Waals surface area contributed by atoms with Crippen LogP contribution in [0.2, 0.25) is 4.34 Å². The Bertz CT molecular complexity index is 574. The van der Waals surface area contributed by atoms with Crippen molar-refractivity contribution in [3.8, 4) is 0 Å². The number of hydrogen-bond acceptors (Lipinski definition) is 2. The normalized spacial score (nSPS) is 16.9. The van der Waals surface area contributed by atoms with E-state index in [1.54, 1.807) is 11.3 Å². The Labute approximate surface area is 130 Å². The molecular weight excluding hydrogens is 286 g/mol. The fraction of sp³-hybridized carbons (Fsp3) is 0.412. The second-order valence-corrected chi connectivity index (χ2v) is 7.18. The monoisotopic (exact) mass is 305 g/mol. The van der Waals surface area contributed by atoms with Crippen LogP contribution in [-0.4, -0.2) is 6.54 Å². The Morgan fingerprint density at radius 2 is 2.15 bits per heavy atom. The highest BCUT2D eigenvalue weighted by atomic mass is 35.5. The van der Waals surface area contributed by atoms with Gasteiger partial charge in [0.2, 0.25) is 0 Å². The van der Waals surface area contributed by atoms with E-state index in [1.165, 1.54) is 35.3 Å². The second-order valence-electron chi connectivity index (χ2n) is 5.43. The first kappa shape index (κ1) is 14.1. The molecule has 106 valence electrons. The van der Waals surface area contributed by atoms with Crippen LogP contribution in [0.4, 0.5) is 0 Å². The summed E-state index contributed by atoms with van der Waals surface area (Å²) in [7, 11) is 0. The third-order valence-corrected chi connectivity index (χ3v) is 5.40. The van der Waals surface area contributed by atoms with Crippen molar-refractivity contribution in [2.75, 3.05) is 6.54 Å². The zero-order valence-corrected chi connectivity index (χ0v) is 13.3. The van der Waals surface area contributed by atoms with Crippen LogP contribution in [0.1, 0.15) is 54.1 Å². The van der Waals surface area contributed by atoms with E-state index in [-0.39, 0.29) is 6.04 Å². The molecule has 1 heterocycles. The number of thiophene rings is 1. The molecule has 0 spiro atoms. The van der Waals surface area contributed by atoms with E-state index in [0.29, 0.717) is 0 Å². The Hall–Kier alpha value is -0.830. The molecule has 20 heavy (non-hydrogen) atoms. The molecule has 1 unspecified atom stereocenters. The molecule has 2 aromatic rings. The summed E-state index contributed by atoms with van der Waals surface area (Å²) in [6.45, 7) is 3.10. The highest BCUT2D eigenvalue weighted by molar-refractivity contribution is 7.16. The molecule has 0 aliphatic heterocycles. The van der Waals surface area contributed by atoms with Gasteiger partial charge in [0.25, 0.3) is 0 Å². The third-order valence-electron chi connectivity index (χ3n) is 4.11. The van der Waals surface area contributed by atoms with Crippen molar-refractivity contribution >= 4 is 22.9 Å². The summed E-state index contributed by atoms with van der Waals surface area (Å²) in [4.78, 5) is 1.29. The summed E-state index contributed by atoms with van der Waals surface area (Å²) in [5.74, 6) is 0.782. The smallest absolute Gasteiger partial charge is 0.0931 e. The van der Waals surface area contributed by atoms with Crippen molar-refractivity contribution in [2.24, 2.45) is 0 Å². The van der Waals surface area contributed by atoms with Gasteiger partial charge in [0.15, 0.2) is 0 Å². The van der Waals surface area contributed by atoms with E-state index >= 15 is 0 Å². The predicted octanol–water partition coefficient (Wildman–Crippen LogP) is 5.37. The molecule has 1 nitrogen and oxygen atoms in total. The molecule has 0 saturated heterocycles. The Kier molecular flexibility index (Phi) is 4.45. The van der Waals surface area contributed by atoms with Gasteiger partial charge in [-0.1, -0.05) is 49.2 Å². The van der Waals surface area contributed by atoms with Gasteiger partial charge in [-0.25, -0.2) is 0 Å². The van der Waals surface area contributed by atoms with Gasteiger partial charge in [0.05, 0.1) is 10.4 Å². The van der Waals surface area contributed by atoms with E-state index in [4.69, 9.17) is 11.6 Å². The number of hydrogen-bond donors (Lipinski definition) is 1. The van der Waals surface area contributed by atoms with E-state index in [2.05, 4.69) is 42.6 Å². The fourth-order valence-electron chi connectivity index (χ4n) is 2.80. The SMILES string of the molecule is CCNC(c1cccc(C2CCC2)c1)c1ccc(Cl)s1. The van der Waals surface area contributed by atoms with Crippen LogP contribution >= 0.6 is 22.9 Å². The zero-order chi connectivity index (χ0) is 13.9. The largest absolute Gasteiger partial charge is 0.306 e. The molecule has 1 aromatic heterocycles. The number of benzene rings is 1. The molecule has 0 bridgehead atoms. The van der Waals surface area contributed by atoms with Crippen LogP contribution < -0.4 is 5.32 Å². The standard InChI is InChI=1S/C17H20ClNS/c1-2-19-17(15-9-10-16(18)20-15)14-8-4-7-13(11-14)12-5-3-6-12/h4,7-12,17,19H,2-3,5-6H2,1H3. The van der Waals surface area contributed by atoms with Gasteiger partial charge in [0, 0.05) is 4.88 Å². The molecule has 0 radical (unpaired) electrons. The summed E-state index contributed by atoms with van der Waals surface area (Å²) < 4.78 is 0.859. The molecule has 1 aliphatic carbocycles. The molecule has 1 atom stereocenters. The van der Waals surface area contributed by atoms with E-state index < -0.39 is 0 Å². The van der Waals surface area contributed by atoms with Gasteiger partial charge in [-0.3, -0.25) is 0 Å². The van der Waals surface area contributed by atoms with Gasteiger partial charge in [-0.05, 0) is 48.6 Å². The average Bonchev–Trinajstić information content (AvgIpc) is 2.81. The minimum Gasteiger partial charge on any atom is -0.306 e. The van der Waals surface area contributed by atoms with Gasteiger partial charge in [-0.15, -0.1) is 11.3 Å². The number of rotatable bonds is 5. The third kappa shape index (κ3) is 2.93. The average molecular weight is 306 g/mol. The molecule has 3 rings (SSSR count). The summed E-state index contributed by atoms with van der Waals surface area (Å²) in [6.07, 6.45) is 4.08. The molecule has 1 saturated carbocycles. The highest BCUT2D eigenvalue weighted by Crippen LogP contribution is 2.38. The van der Waals surface area contributed by atoms with E-state index in [9.17, 15) is 0 Å². The molecule has 1 aromatic carbocycles. The lowest BCUT2D eigenvalue weighted by atomic mass is 9.79. The fourth-order valence-corrected chi connectivity index (χ4v) is 3.97. The maximum absolute atomic E-state index is 6.10. The van der Waals surface area contributed by atoms with Gasteiger partial charge in [0.1, 0.15) is 0 Å². The molecule has 0 amide bonds. The predicted molar refractivity (Wildman–Crippen MR) is 87.9 cm³/mol. The van der Waals surface area contributed by atoms with Crippen LogP contribution in [0, 0.1) is 0 Å². The van der Waals surface area contributed by atoms with Crippen molar-refractivity contribution in [1.82, 2.24) is 5.32 Å². The molecule has 1 aliphatic rings. The highest BCUT2D eigenvalue weighted by Gasteiger charge is 2.21. The lowest BCUT2D eigenvalue weighted by Crippen LogP contribution is -2.21. The summed E-state index contributed by atoms with van der Waals surface area (Å²) >= 11 is 7.76. The molecule has 3 heteroatoms. The van der Waals surface area contributed by atoms with Crippen molar-refractivity contribution in [3.05, 3.63) is 56.7 Å². The lowest BCUT2D eigenvalue weighted by Gasteiger charge is -2.27. The van der Waals surface area contributed by atoms with Crippen molar-refractivity contribution < 1.29 is 0 Å². The van der Waals surface area contributed by atoms with Crippen LogP contribution in [0.3, 0.4) is 0 Å². The summed E-state index contributed by atoms with van der Waals surface area (Å²) in [5.41, 5.74) is 2.86. The zero-order valence-electron chi connectivity index (χ0n) is 11.7. The Morgan fingerprint density at radius 3 is 2.75 bits per heavy atom. The summed E-state index contributed by atoms with van der Waals surface area (Å²) in [5, 5.41) is 3.58. The first-order valence-electron chi connectivity index (χ1n) is 7.36.